The molecular weight excluding hydrogens is 454 g/mol. The molecule has 1 aromatic carbocycles. The lowest BCUT2D eigenvalue weighted by Gasteiger charge is -2.21. The van der Waals surface area contributed by atoms with Crippen molar-refractivity contribution in [1.29, 1.82) is 0 Å². The molecule has 2 N–H and O–H groups in total. The minimum atomic E-state index is -0.190. The molecule has 0 radical (unpaired) electrons. The van der Waals surface area contributed by atoms with Crippen LogP contribution in [0, 0.1) is 0 Å². The molecule has 0 saturated heterocycles. The maximum Gasteiger partial charge on any atom is 0.239 e. The highest BCUT2D eigenvalue weighted by Crippen LogP contribution is 2.28. The first kappa shape index (κ1) is 23.8. The predicted octanol–water partition coefficient (Wildman–Crippen LogP) is 4.19. The van der Waals surface area contributed by atoms with Crippen LogP contribution in [-0.4, -0.2) is 51.8 Å². The number of nitrogens with zero attached hydrogens (tertiary/aromatic N) is 3. The van der Waals surface area contributed by atoms with Crippen molar-refractivity contribution in [2.24, 2.45) is 0 Å². The van der Waals surface area contributed by atoms with Gasteiger partial charge in [0.05, 0.1) is 12.3 Å². The Kier molecular flexibility index (Phi) is 9.42. The van der Waals surface area contributed by atoms with Gasteiger partial charge < -0.3 is 15.5 Å². The molecule has 1 aliphatic rings. The van der Waals surface area contributed by atoms with E-state index in [9.17, 15) is 9.59 Å². The van der Waals surface area contributed by atoms with Gasteiger partial charge in [0.15, 0.2) is 4.34 Å². The van der Waals surface area contributed by atoms with Gasteiger partial charge in [-0.3, -0.25) is 9.59 Å². The lowest BCUT2D eigenvalue weighted by atomic mass is 9.96. The Morgan fingerprint density at radius 1 is 1.19 bits per heavy atom. The molecule has 1 heterocycles. The van der Waals surface area contributed by atoms with E-state index in [1.54, 1.807) is 17.0 Å². The maximum atomic E-state index is 12.6. The largest absolute Gasteiger partial charge is 0.357 e. The van der Waals surface area contributed by atoms with E-state index >= 15 is 0 Å². The summed E-state index contributed by atoms with van der Waals surface area (Å²) in [5.74, 6) is -0.0488. The summed E-state index contributed by atoms with van der Waals surface area (Å²) < 4.78 is 0.759. The molecule has 0 aliphatic heterocycles. The standard InChI is InChI=1S/C21H28ClN5O2S2/c1-2-27(13-18(28)23-12-15-8-10-16(22)11-9-15)19(29)14-30-21-26-25-20(31-21)24-17-6-4-3-5-7-17/h8-11,17H,2-7,12-14H2,1H3,(H,23,28)(H,24,25). The molecule has 31 heavy (non-hydrogen) atoms. The minimum Gasteiger partial charge on any atom is -0.357 e. The highest BCUT2D eigenvalue weighted by atomic mass is 35.5. The molecule has 1 aromatic heterocycles. The number of thioether (sulfide) groups is 1. The van der Waals surface area contributed by atoms with Crippen LogP contribution in [0.1, 0.15) is 44.6 Å². The van der Waals surface area contributed by atoms with Crippen LogP contribution in [-0.2, 0) is 16.1 Å². The Bertz CT molecular complexity index is 856. The summed E-state index contributed by atoms with van der Waals surface area (Å²) in [4.78, 5) is 26.4. The Morgan fingerprint density at radius 3 is 2.65 bits per heavy atom. The molecule has 10 heteroatoms. The number of halogens is 1. The molecule has 3 rings (SSSR count). The fourth-order valence-electron chi connectivity index (χ4n) is 3.37. The monoisotopic (exact) mass is 481 g/mol. The van der Waals surface area contributed by atoms with E-state index in [-0.39, 0.29) is 24.1 Å². The van der Waals surface area contributed by atoms with Crippen molar-refractivity contribution in [2.45, 2.75) is 56.0 Å². The molecule has 1 saturated carbocycles. The number of carbonyl (C=O) groups excluding carboxylic acids is 2. The van der Waals surface area contributed by atoms with E-state index in [1.165, 1.54) is 55.2 Å². The van der Waals surface area contributed by atoms with Gasteiger partial charge in [-0.2, -0.15) is 0 Å². The first-order chi connectivity index (χ1) is 15.0. The first-order valence-electron chi connectivity index (χ1n) is 10.5. The summed E-state index contributed by atoms with van der Waals surface area (Å²) in [6.07, 6.45) is 6.17. The van der Waals surface area contributed by atoms with Gasteiger partial charge in [-0.05, 0) is 37.5 Å². The zero-order valence-electron chi connectivity index (χ0n) is 17.6. The maximum absolute atomic E-state index is 12.6. The van der Waals surface area contributed by atoms with Crippen molar-refractivity contribution in [3.05, 3.63) is 34.9 Å². The Morgan fingerprint density at radius 2 is 1.94 bits per heavy atom. The van der Waals surface area contributed by atoms with Crippen molar-refractivity contribution in [3.8, 4) is 0 Å². The molecule has 2 aromatic rings. The number of hydrogen-bond donors (Lipinski definition) is 2. The second kappa shape index (κ2) is 12.3. The predicted molar refractivity (Wildman–Crippen MR) is 127 cm³/mol. The van der Waals surface area contributed by atoms with Gasteiger partial charge in [-0.25, -0.2) is 0 Å². The third-order valence-electron chi connectivity index (χ3n) is 5.13. The summed E-state index contributed by atoms with van der Waals surface area (Å²) in [5.41, 5.74) is 0.955. The van der Waals surface area contributed by atoms with E-state index in [4.69, 9.17) is 11.6 Å². The van der Waals surface area contributed by atoms with Crippen LogP contribution in [0.25, 0.3) is 0 Å². The van der Waals surface area contributed by atoms with E-state index in [2.05, 4.69) is 20.8 Å². The van der Waals surface area contributed by atoms with E-state index in [0.717, 1.165) is 15.0 Å². The van der Waals surface area contributed by atoms with Gasteiger partial charge in [0.1, 0.15) is 0 Å². The number of benzene rings is 1. The number of amides is 2. The Balaban J connectivity index is 1.40. The summed E-state index contributed by atoms with van der Waals surface area (Å²) >= 11 is 8.71. The highest BCUT2D eigenvalue weighted by molar-refractivity contribution is 8.01. The van der Waals surface area contributed by atoms with Crippen LogP contribution >= 0.6 is 34.7 Å². The molecular formula is C21H28ClN5O2S2. The van der Waals surface area contributed by atoms with E-state index in [0.29, 0.717) is 24.2 Å². The molecule has 0 bridgehead atoms. The molecule has 0 spiro atoms. The quantitative estimate of drug-likeness (QED) is 0.495. The second-order valence-corrected chi connectivity index (χ2v) is 10.1. The van der Waals surface area contributed by atoms with Gasteiger partial charge >= 0.3 is 0 Å². The van der Waals surface area contributed by atoms with Crippen molar-refractivity contribution >= 4 is 51.6 Å². The lowest BCUT2D eigenvalue weighted by Crippen LogP contribution is -2.41. The lowest BCUT2D eigenvalue weighted by molar-refractivity contribution is -0.133. The van der Waals surface area contributed by atoms with Crippen molar-refractivity contribution in [2.75, 3.05) is 24.2 Å². The topological polar surface area (TPSA) is 87.2 Å². The summed E-state index contributed by atoms with van der Waals surface area (Å²) in [6.45, 7) is 2.77. The molecule has 7 nitrogen and oxygen atoms in total. The van der Waals surface area contributed by atoms with Crippen LogP contribution in [0.3, 0.4) is 0 Å². The average molecular weight is 482 g/mol. The number of aromatic nitrogens is 2. The van der Waals surface area contributed by atoms with Gasteiger partial charge in [-0.15, -0.1) is 10.2 Å². The number of likely N-dealkylation sites (N-methyl/N-ethyl adjacent to an activating group) is 1. The van der Waals surface area contributed by atoms with Crippen LogP contribution in [0.15, 0.2) is 28.6 Å². The normalized spacial score (nSPS) is 14.3. The van der Waals surface area contributed by atoms with Gasteiger partial charge in [0.25, 0.3) is 0 Å². The number of rotatable bonds is 10. The second-order valence-electron chi connectivity index (χ2n) is 7.45. The van der Waals surface area contributed by atoms with Crippen LogP contribution in [0.4, 0.5) is 5.13 Å². The van der Waals surface area contributed by atoms with E-state index in [1.807, 2.05) is 19.1 Å². The van der Waals surface area contributed by atoms with Gasteiger partial charge in [0, 0.05) is 24.2 Å². The molecule has 0 atom stereocenters. The first-order valence-corrected chi connectivity index (χ1v) is 12.7. The van der Waals surface area contributed by atoms with Crippen molar-refractivity contribution in [3.63, 3.8) is 0 Å². The number of carbonyl (C=O) groups is 2. The third-order valence-corrected chi connectivity index (χ3v) is 7.35. The van der Waals surface area contributed by atoms with Crippen molar-refractivity contribution in [1.82, 2.24) is 20.4 Å². The molecule has 0 unspecified atom stereocenters. The molecule has 1 fully saturated rings. The summed E-state index contributed by atoms with van der Waals surface area (Å²) in [7, 11) is 0. The van der Waals surface area contributed by atoms with Crippen LogP contribution in [0.5, 0.6) is 0 Å². The van der Waals surface area contributed by atoms with Gasteiger partial charge in [0.2, 0.25) is 16.9 Å². The Labute approximate surface area is 196 Å². The minimum absolute atomic E-state index is 0.0358. The fraction of sp³-hybridized carbons (Fsp3) is 0.524. The number of hydrogen-bond acceptors (Lipinski definition) is 7. The molecule has 168 valence electrons. The Hall–Kier alpha value is -1.84. The average Bonchev–Trinajstić information content (AvgIpc) is 3.23. The smallest absolute Gasteiger partial charge is 0.239 e. The van der Waals surface area contributed by atoms with Crippen LogP contribution < -0.4 is 10.6 Å². The zero-order chi connectivity index (χ0) is 22.1. The van der Waals surface area contributed by atoms with Crippen molar-refractivity contribution < 1.29 is 9.59 Å². The summed E-state index contributed by atoms with van der Waals surface area (Å²) in [6, 6.07) is 7.77. The third kappa shape index (κ3) is 7.97. The summed E-state index contributed by atoms with van der Waals surface area (Å²) in [5, 5.41) is 16.1. The van der Waals surface area contributed by atoms with Gasteiger partial charge in [-0.1, -0.05) is 66.1 Å². The molecule has 1 aliphatic carbocycles. The number of nitrogens with one attached hydrogen (secondary N) is 2. The molecule has 2 amide bonds. The van der Waals surface area contributed by atoms with E-state index < -0.39 is 0 Å². The zero-order valence-corrected chi connectivity index (χ0v) is 20.0. The SMILES string of the molecule is CCN(CC(=O)NCc1ccc(Cl)cc1)C(=O)CSc1nnc(NC2CCCCC2)s1. The van der Waals surface area contributed by atoms with Crippen LogP contribution in [0.2, 0.25) is 5.02 Å². The number of anilines is 1. The fourth-order valence-corrected chi connectivity index (χ4v) is 5.23. The highest BCUT2D eigenvalue weighted by Gasteiger charge is 2.18.